The van der Waals surface area contributed by atoms with Gasteiger partial charge in [-0.1, -0.05) is 12.2 Å². The number of amides is 3. The van der Waals surface area contributed by atoms with Crippen LogP contribution in [0.1, 0.15) is 19.3 Å². The predicted octanol–water partition coefficient (Wildman–Crippen LogP) is -0.323. The van der Waals surface area contributed by atoms with Crippen LogP contribution >= 0.6 is 0 Å². The first-order valence-corrected chi connectivity index (χ1v) is 5.72. The van der Waals surface area contributed by atoms with Gasteiger partial charge in [0, 0.05) is 19.5 Å². The highest BCUT2D eigenvalue weighted by Crippen LogP contribution is 2.04. The summed E-state index contributed by atoms with van der Waals surface area (Å²) in [7, 11) is 0. The van der Waals surface area contributed by atoms with Crippen LogP contribution in [0, 0.1) is 0 Å². The maximum atomic E-state index is 11.8. The number of nitrogens with two attached hydrogens (primary N) is 1. The number of hydrogen-bond donors (Lipinski definition) is 3. The van der Waals surface area contributed by atoms with E-state index in [1.165, 1.54) is 4.90 Å². The van der Waals surface area contributed by atoms with Gasteiger partial charge in [-0.15, -0.1) is 0 Å². The Morgan fingerprint density at radius 3 is 2.61 bits per heavy atom. The summed E-state index contributed by atoms with van der Waals surface area (Å²) in [5, 5.41) is 11.3. The van der Waals surface area contributed by atoms with Gasteiger partial charge in [-0.25, -0.2) is 9.59 Å². The molecule has 0 fully saturated rings. The Morgan fingerprint density at radius 1 is 1.39 bits per heavy atom. The second-order valence-electron chi connectivity index (χ2n) is 4.05. The first-order valence-electron chi connectivity index (χ1n) is 5.72. The van der Waals surface area contributed by atoms with E-state index in [0.717, 1.165) is 6.42 Å². The Morgan fingerprint density at radius 2 is 2.11 bits per heavy atom. The van der Waals surface area contributed by atoms with Crippen LogP contribution in [0.4, 0.5) is 4.79 Å². The fourth-order valence-corrected chi connectivity index (χ4v) is 1.61. The molecule has 0 aromatic heterocycles. The smallest absolute Gasteiger partial charge is 0.326 e. The van der Waals surface area contributed by atoms with Gasteiger partial charge < -0.3 is 21.1 Å². The molecule has 0 aromatic carbocycles. The molecule has 0 saturated carbocycles. The van der Waals surface area contributed by atoms with E-state index < -0.39 is 23.9 Å². The van der Waals surface area contributed by atoms with Gasteiger partial charge in [0.25, 0.3) is 0 Å². The number of carboxylic acids is 1. The van der Waals surface area contributed by atoms with Gasteiger partial charge in [-0.2, -0.15) is 0 Å². The third kappa shape index (κ3) is 4.44. The van der Waals surface area contributed by atoms with Crippen molar-refractivity contribution in [2.45, 2.75) is 25.3 Å². The molecule has 1 rings (SSSR count). The number of urea groups is 1. The van der Waals surface area contributed by atoms with E-state index in [4.69, 9.17) is 10.8 Å². The van der Waals surface area contributed by atoms with Crippen molar-refractivity contribution in [1.29, 1.82) is 0 Å². The molecule has 7 heteroatoms. The van der Waals surface area contributed by atoms with Crippen LogP contribution in [-0.2, 0) is 9.59 Å². The zero-order valence-electron chi connectivity index (χ0n) is 9.96. The summed E-state index contributed by atoms with van der Waals surface area (Å²) in [6, 6.07) is -1.52. The summed E-state index contributed by atoms with van der Waals surface area (Å²) in [6.07, 6.45) is 4.50. The van der Waals surface area contributed by atoms with Crippen LogP contribution in [0.25, 0.3) is 0 Å². The van der Waals surface area contributed by atoms with E-state index in [0.29, 0.717) is 13.1 Å². The van der Waals surface area contributed by atoms with Gasteiger partial charge in [-0.05, 0) is 12.8 Å². The minimum Gasteiger partial charge on any atom is -0.480 e. The fraction of sp³-hybridized carbons (Fsp3) is 0.545. The van der Waals surface area contributed by atoms with Gasteiger partial charge in [-0.3, -0.25) is 4.79 Å². The molecule has 1 aliphatic rings. The van der Waals surface area contributed by atoms with Crippen LogP contribution in [0.3, 0.4) is 0 Å². The summed E-state index contributed by atoms with van der Waals surface area (Å²) >= 11 is 0. The molecule has 1 aliphatic heterocycles. The molecular weight excluding hydrogens is 238 g/mol. The normalized spacial score (nSPS) is 16.1. The molecule has 0 radical (unpaired) electrons. The molecule has 7 nitrogen and oxygen atoms in total. The molecule has 100 valence electrons. The minimum atomic E-state index is -1.17. The number of nitrogens with zero attached hydrogens (tertiary/aromatic N) is 1. The third-order valence-corrected chi connectivity index (χ3v) is 2.62. The van der Waals surface area contributed by atoms with Gasteiger partial charge in [0.2, 0.25) is 5.91 Å². The molecular formula is C11H17N3O4. The van der Waals surface area contributed by atoms with Crippen LogP contribution < -0.4 is 11.1 Å². The second-order valence-corrected chi connectivity index (χ2v) is 4.05. The number of aliphatic carboxylic acids is 1. The molecule has 0 unspecified atom stereocenters. The van der Waals surface area contributed by atoms with Crippen molar-refractivity contribution in [3.8, 4) is 0 Å². The molecule has 0 aromatic rings. The zero-order valence-corrected chi connectivity index (χ0v) is 9.96. The van der Waals surface area contributed by atoms with E-state index >= 15 is 0 Å². The van der Waals surface area contributed by atoms with Crippen LogP contribution in [0.15, 0.2) is 12.2 Å². The van der Waals surface area contributed by atoms with E-state index in [2.05, 4.69) is 5.32 Å². The van der Waals surface area contributed by atoms with Gasteiger partial charge in [0.1, 0.15) is 6.04 Å². The summed E-state index contributed by atoms with van der Waals surface area (Å²) in [5.74, 6) is -1.76. The van der Waals surface area contributed by atoms with Crippen molar-refractivity contribution in [2.75, 3.05) is 13.1 Å². The lowest BCUT2D eigenvalue weighted by molar-refractivity contribution is -0.139. The number of primary amides is 1. The van der Waals surface area contributed by atoms with Gasteiger partial charge in [0.05, 0.1) is 0 Å². The number of hydrogen-bond acceptors (Lipinski definition) is 3. The largest absolute Gasteiger partial charge is 0.480 e. The average molecular weight is 255 g/mol. The van der Waals surface area contributed by atoms with Crippen LogP contribution in [0.2, 0.25) is 0 Å². The van der Waals surface area contributed by atoms with Crippen molar-refractivity contribution in [3.05, 3.63) is 12.2 Å². The van der Waals surface area contributed by atoms with Crippen molar-refractivity contribution < 1.29 is 19.5 Å². The number of rotatable bonds is 5. The lowest BCUT2D eigenvalue weighted by Gasteiger charge is -2.25. The summed E-state index contributed by atoms with van der Waals surface area (Å²) < 4.78 is 0. The molecule has 1 atom stereocenters. The van der Waals surface area contributed by atoms with Crippen LogP contribution in [-0.4, -0.2) is 47.0 Å². The molecule has 3 amide bonds. The molecule has 0 spiro atoms. The van der Waals surface area contributed by atoms with Crippen molar-refractivity contribution >= 4 is 17.9 Å². The maximum Gasteiger partial charge on any atom is 0.326 e. The summed E-state index contributed by atoms with van der Waals surface area (Å²) in [5.41, 5.74) is 4.95. The monoisotopic (exact) mass is 255 g/mol. The SMILES string of the molecule is NC(=O)CC[C@@H](NC(=O)N1CC=CCC1)C(=O)O. The number of nitrogens with one attached hydrogen (secondary N) is 1. The Balaban J connectivity index is 2.49. The third-order valence-electron chi connectivity index (χ3n) is 2.62. The second kappa shape index (κ2) is 6.63. The predicted molar refractivity (Wildman–Crippen MR) is 63.7 cm³/mol. The highest BCUT2D eigenvalue weighted by molar-refractivity contribution is 5.83. The molecule has 1 heterocycles. The Labute approximate surface area is 105 Å². The average Bonchev–Trinajstić information content (AvgIpc) is 2.34. The van der Waals surface area contributed by atoms with E-state index in [-0.39, 0.29) is 12.8 Å². The Bertz CT molecular complexity index is 367. The van der Waals surface area contributed by atoms with E-state index in [9.17, 15) is 14.4 Å². The maximum absolute atomic E-state index is 11.8. The van der Waals surface area contributed by atoms with Crippen LogP contribution in [0.5, 0.6) is 0 Å². The molecule has 0 aliphatic carbocycles. The summed E-state index contributed by atoms with van der Waals surface area (Å²) in [6.45, 7) is 1.03. The van der Waals surface area contributed by atoms with Gasteiger partial charge in [0.15, 0.2) is 0 Å². The first kappa shape index (κ1) is 14.0. The lowest BCUT2D eigenvalue weighted by atomic mass is 10.1. The zero-order chi connectivity index (χ0) is 13.5. The van der Waals surface area contributed by atoms with E-state index in [1.807, 2.05) is 12.2 Å². The Kier molecular flexibility index (Phi) is 5.16. The van der Waals surface area contributed by atoms with Crippen molar-refractivity contribution in [3.63, 3.8) is 0 Å². The molecule has 0 saturated heterocycles. The summed E-state index contributed by atoms with van der Waals surface area (Å²) in [4.78, 5) is 34.8. The number of carboxylic acid groups (broad SMARTS) is 1. The number of carbonyl (C=O) groups excluding carboxylic acids is 2. The quantitative estimate of drug-likeness (QED) is 0.584. The standard InChI is InChI=1S/C11H17N3O4/c12-9(15)5-4-8(10(16)17)13-11(18)14-6-2-1-3-7-14/h1-2,8H,3-7H2,(H2,12,15)(H,13,18)(H,16,17)/t8-/m1/s1. The van der Waals surface area contributed by atoms with Crippen molar-refractivity contribution in [1.82, 2.24) is 10.2 Å². The van der Waals surface area contributed by atoms with E-state index in [1.54, 1.807) is 0 Å². The first-order chi connectivity index (χ1) is 8.50. The lowest BCUT2D eigenvalue weighted by Crippen LogP contribution is -2.49. The fourth-order valence-electron chi connectivity index (χ4n) is 1.61. The van der Waals surface area contributed by atoms with Crippen molar-refractivity contribution in [2.24, 2.45) is 5.73 Å². The highest BCUT2D eigenvalue weighted by atomic mass is 16.4. The van der Waals surface area contributed by atoms with Gasteiger partial charge >= 0.3 is 12.0 Å². The number of carbonyl (C=O) groups is 3. The minimum absolute atomic E-state index is 0.0000853. The molecule has 0 bridgehead atoms. The topological polar surface area (TPSA) is 113 Å². The Hall–Kier alpha value is -2.05. The highest BCUT2D eigenvalue weighted by Gasteiger charge is 2.23. The molecule has 4 N–H and O–H groups in total. The molecule has 18 heavy (non-hydrogen) atoms.